The summed E-state index contributed by atoms with van der Waals surface area (Å²) >= 11 is 0. The molecule has 0 bridgehead atoms. The quantitative estimate of drug-likeness (QED) is 0.330. The van der Waals surface area contributed by atoms with E-state index in [0.29, 0.717) is 6.04 Å². The van der Waals surface area contributed by atoms with Crippen LogP contribution in [-0.4, -0.2) is 54.4 Å². The van der Waals surface area contributed by atoms with Crippen molar-refractivity contribution in [2.45, 2.75) is 32.4 Å². The molecular weight excluding hydrogens is 478 g/mol. The molecule has 1 amide bonds. The van der Waals surface area contributed by atoms with E-state index in [1.165, 1.54) is 12.5 Å². The van der Waals surface area contributed by atoms with Gasteiger partial charge >= 0.3 is 0 Å². The number of benzene rings is 3. The molecule has 0 atom stereocenters. The lowest BCUT2D eigenvalue weighted by Gasteiger charge is -2.32. The topological polar surface area (TPSA) is 88.6 Å². The Morgan fingerprint density at radius 3 is 2.24 bits per heavy atom. The highest BCUT2D eigenvalue weighted by molar-refractivity contribution is 6.00. The van der Waals surface area contributed by atoms with Gasteiger partial charge < -0.3 is 20.1 Å². The second kappa shape index (κ2) is 11.5. The van der Waals surface area contributed by atoms with Gasteiger partial charge in [0.2, 0.25) is 5.91 Å². The zero-order chi connectivity index (χ0) is 26.5. The van der Waals surface area contributed by atoms with E-state index in [1.807, 2.05) is 54.6 Å². The van der Waals surface area contributed by atoms with Crippen molar-refractivity contribution in [1.82, 2.24) is 15.1 Å². The fraction of sp³-hybridized carbons (Fsp3) is 0.300. The summed E-state index contributed by atoms with van der Waals surface area (Å²) in [5.74, 6) is 2.31. The van der Waals surface area contributed by atoms with Crippen LogP contribution in [0.2, 0.25) is 0 Å². The minimum absolute atomic E-state index is 0.0568. The van der Waals surface area contributed by atoms with Crippen molar-refractivity contribution >= 4 is 28.2 Å². The first-order valence-electron chi connectivity index (χ1n) is 12.9. The molecule has 1 aliphatic heterocycles. The molecule has 0 unspecified atom stereocenters. The summed E-state index contributed by atoms with van der Waals surface area (Å²) in [5, 5.41) is 17.7. The molecule has 8 nitrogen and oxygen atoms in total. The number of amides is 1. The van der Waals surface area contributed by atoms with Gasteiger partial charge in [-0.25, -0.2) is 0 Å². The van der Waals surface area contributed by atoms with Crippen molar-refractivity contribution in [3.8, 4) is 22.8 Å². The van der Waals surface area contributed by atoms with E-state index in [-0.39, 0.29) is 5.91 Å². The molecule has 8 heteroatoms. The SMILES string of the molecule is COc1ccc(-c2nnc(NC3CCN(Cc4ccc(NC(C)=O)cc4)CC3)c3cc(OC)ccc23)cc1. The number of rotatable bonds is 8. The van der Waals surface area contributed by atoms with Crippen LogP contribution in [0, 0.1) is 0 Å². The molecule has 2 N–H and O–H groups in total. The normalized spacial score (nSPS) is 14.3. The fourth-order valence-electron chi connectivity index (χ4n) is 4.91. The molecule has 1 aromatic heterocycles. The summed E-state index contributed by atoms with van der Waals surface area (Å²) < 4.78 is 10.8. The van der Waals surface area contributed by atoms with E-state index in [9.17, 15) is 4.79 Å². The van der Waals surface area contributed by atoms with Crippen LogP contribution in [0.15, 0.2) is 66.7 Å². The number of nitrogens with one attached hydrogen (secondary N) is 2. The van der Waals surface area contributed by atoms with Crippen molar-refractivity contribution in [3.05, 3.63) is 72.3 Å². The summed E-state index contributed by atoms with van der Waals surface area (Å²) in [4.78, 5) is 13.7. The molecule has 0 radical (unpaired) electrons. The van der Waals surface area contributed by atoms with Crippen LogP contribution in [-0.2, 0) is 11.3 Å². The highest BCUT2D eigenvalue weighted by Gasteiger charge is 2.21. The average Bonchev–Trinajstić information content (AvgIpc) is 2.95. The highest BCUT2D eigenvalue weighted by atomic mass is 16.5. The van der Waals surface area contributed by atoms with Gasteiger partial charge in [0, 0.05) is 54.6 Å². The number of anilines is 2. The molecule has 0 saturated carbocycles. The molecule has 1 saturated heterocycles. The van der Waals surface area contributed by atoms with E-state index in [4.69, 9.17) is 9.47 Å². The number of carbonyl (C=O) groups excluding carboxylic acids is 1. The molecule has 38 heavy (non-hydrogen) atoms. The zero-order valence-electron chi connectivity index (χ0n) is 22.0. The number of carbonyl (C=O) groups is 1. The first-order valence-corrected chi connectivity index (χ1v) is 12.9. The van der Waals surface area contributed by atoms with Crippen molar-refractivity contribution in [1.29, 1.82) is 0 Å². The Morgan fingerprint density at radius 2 is 1.58 bits per heavy atom. The van der Waals surface area contributed by atoms with Gasteiger partial charge in [-0.05, 0) is 73.0 Å². The van der Waals surface area contributed by atoms with E-state index < -0.39 is 0 Å². The third-order valence-electron chi connectivity index (χ3n) is 6.96. The van der Waals surface area contributed by atoms with Gasteiger partial charge in [0.15, 0.2) is 5.82 Å². The molecule has 0 spiro atoms. The van der Waals surface area contributed by atoms with Gasteiger partial charge in [0.1, 0.15) is 17.2 Å². The number of hydrogen-bond donors (Lipinski definition) is 2. The predicted molar refractivity (Wildman–Crippen MR) is 151 cm³/mol. The summed E-state index contributed by atoms with van der Waals surface area (Å²) in [7, 11) is 3.34. The number of nitrogens with zero attached hydrogens (tertiary/aromatic N) is 3. The lowest BCUT2D eigenvalue weighted by atomic mass is 10.0. The van der Waals surface area contributed by atoms with Gasteiger partial charge in [-0.3, -0.25) is 9.69 Å². The highest BCUT2D eigenvalue weighted by Crippen LogP contribution is 2.34. The monoisotopic (exact) mass is 511 g/mol. The van der Waals surface area contributed by atoms with Crippen LogP contribution in [0.25, 0.3) is 22.0 Å². The number of likely N-dealkylation sites (tertiary alicyclic amines) is 1. The van der Waals surface area contributed by atoms with Crippen LogP contribution < -0.4 is 20.1 Å². The Bertz CT molecular complexity index is 1400. The predicted octanol–water partition coefficient (Wildman–Crippen LogP) is 5.35. The van der Waals surface area contributed by atoms with E-state index in [1.54, 1.807) is 14.2 Å². The zero-order valence-corrected chi connectivity index (χ0v) is 22.0. The van der Waals surface area contributed by atoms with Crippen LogP contribution in [0.4, 0.5) is 11.5 Å². The summed E-state index contributed by atoms with van der Waals surface area (Å²) in [5.41, 5.74) is 3.88. The third-order valence-corrected chi connectivity index (χ3v) is 6.96. The summed E-state index contributed by atoms with van der Waals surface area (Å²) in [6, 6.07) is 22.3. The third kappa shape index (κ3) is 5.86. The molecule has 196 valence electrons. The van der Waals surface area contributed by atoms with Gasteiger partial charge in [0.05, 0.1) is 14.2 Å². The lowest BCUT2D eigenvalue weighted by molar-refractivity contribution is -0.114. The molecule has 2 heterocycles. The molecule has 5 rings (SSSR count). The minimum Gasteiger partial charge on any atom is -0.497 e. The smallest absolute Gasteiger partial charge is 0.221 e. The summed E-state index contributed by atoms with van der Waals surface area (Å²) in [6.45, 7) is 4.39. The van der Waals surface area contributed by atoms with Crippen molar-refractivity contribution in [2.75, 3.05) is 37.9 Å². The van der Waals surface area contributed by atoms with Crippen molar-refractivity contribution in [3.63, 3.8) is 0 Å². The van der Waals surface area contributed by atoms with Gasteiger partial charge in [0.25, 0.3) is 0 Å². The van der Waals surface area contributed by atoms with Gasteiger partial charge in [-0.1, -0.05) is 12.1 Å². The maximum Gasteiger partial charge on any atom is 0.221 e. The van der Waals surface area contributed by atoms with Crippen molar-refractivity contribution < 1.29 is 14.3 Å². The minimum atomic E-state index is -0.0568. The van der Waals surface area contributed by atoms with Crippen LogP contribution >= 0.6 is 0 Å². The van der Waals surface area contributed by atoms with E-state index in [0.717, 1.165) is 77.5 Å². The Kier molecular flexibility index (Phi) is 7.70. The number of methoxy groups -OCH3 is 2. The number of ether oxygens (including phenoxy) is 2. The second-order valence-electron chi connectivity index (χ2n) is 9.61. The van der Waals surface area contributed by atoms with Gasteiger partial charge in [-0.15, -0.1) is 10.2 Å². The fourth-order valence-corrected chi connectivity index (χ4v) is 4.91. The number of fused-ring (bicyclic) bond motifs is 1. The molecule has 4 aromatic rings. The maximum absolute atomic E-state index is 11.2. The first kappa shape index (κ1) is 25.5. The largest absolute Gasteiger partial charge is 0.497 e. The molecule has 1 aliphatic rings. The number of aromatic nitrogens is 2. The average molecular weight is 512 g/mol. The first-order chi connectivity index (χ1) is 18.5. The Morgan fingerprint density at radius 1 is 0.895 bits per heavy atom. The Balaban J connectivity index is 1.28. The molecule has 0 aliphatic carbocycles. The second-order valence-corrected chi connectivity index (χ2v) is 9.61. The Labute approximate surface area is 223 Å². The molecule has 1 fully saturated rings. The van der Waals surface area contributed by atoms with Crippen LogP contribution in [0.1, 0.15) is 25.3 Å². The van der Waals surface area contributed by atoms with E-state index in [2.05, 4.69) is 37.9 Å². The van der Waals surface area contributed by atoms with Crippen LogP contribution in [0.3, 0.4) is 0 Å². The van der Waals surface area contributed by atoms with Crippen molar-refractivity contribution in [2.24, 2.45) is 0 Å². The maximum atomic E-state index is 11.2. The number of piperidine rings is 1. The number of hydrogen-bond acceptors (Lipinski definition) is 7. The molecule has 3 aromatic carbocycles. The summed E-state index contributed by atoms with van der Waals surface area (Å²) in [6.07, 6.45) is 2.02. The molecular formula is C30H33N5O3. The van der Waals surface area contributed by atoms with Gasteiger partial charge in [-0.2, -0.15) is 0 Å². The van der Waals surface area contributed by atoms with Crippen LogP contribution in [0.5, 0.6) is 11.5 Å². The standard InChI is InChI=1S/C30H33N5O3/c1-20(36)31-23-8-4-21(5-9-23)19-35-16-14-24(15-17-35)32-30-28-18-26(38-3)12-13-27(28)29(33-34-30)22-6-10-25(37-2)11-7-22/h4-13,18,24H,14-17,19H2,1-3H3,(H,31,36)(H,32,34). The Hall–Kier alpha value is -4.17. The lowest BCUT2D eigenvalue weighted by Crippen LogP contribution is -2.38. The van der Waals surface area contributed by atoms with E-state index >= 15 is 0 Å².